The van der Waals surface area contributed by atoms with Crippen LogP contribution >= 0.6 is 0 Å². The molecular weight excluding hydrogens is 298 g/mol. The van der Waals surface area contributed by atoms with E-state index in [1.165, 1.54) is 0 Å². The van der Waals surface area contributed by atoms with Crippen LogP contribution in [0.3, 0.4) is 0 Å². The van der Waals surface area contributed by atoms with Crippen molar-refractivity contribution >= 4 is 5.91 Å². The standard InChI is InChI=1S/C17H17NO5/c18-17(19)12-2-4-13(5-3-12)20-8-1-9-21-14-6-7-15-16(10-14)23-11-22-15/h2-7,10H,1,8-9,11H2,(H2,18,19). The van der Waals surface area contributed by atoms with Gasteiger partial charge in [0.05, 0.1) is 13.2 Å². The van der Waals surface area contributed by atoms with Crippen LogP contribution in [0.4, 0.5) is 0 Å². The Morgan fingerprint density at radius 2 is 1.61 bits per heavy atom. The molecule has 2 aromatic rings. The van der Waals surface area contributed by atoms with E-state index in [4.69, 9.17) is 24.7 Å². The topological polar surface area (TPSA) is 80.0 Å². The molecule has 3 rings (SSSR count). The van der Waals surface area contributed by atoms with Crippen molar-refractivity contribution < 1.29 is 23.7 Å². The highest BCUT2D eigenvalue weighted by molar-refractivity contribution is 5.92. The molecule has 1 heterocycles. The largest absolute Gasteiger partial charge is 0.493 e. The Labute approximate surface area is 133 Å². The fourth-order valence-corrected chi connectivity index (χ4v) is 2.12. The third-order valence-corrected chi connectivity index (χ3v) is 3.31. The lowest BCUT2D eigenvalue weighted by atomic mass is 10.2. The van der Waals surface area contributed by atoms with Gasteiger partial charge in [-0.05, 0) is 36.4 Å². The maximum atomic E-state index is 11.0. The molecule has 0 aliphatic carbocycles. The number of fused-ring (bicyclic) bond motifs is 1. The molecule has 120 valence electrons. The molecule has 0 saturated carbocycles. The quantitative estimate of drug-likeness (QED) is 0.793. The molecule has 23 heavy (non-hydrogen) atoms. The van der Waals surface area contributed by atoms with Gasteiger partial charge in [-0.2, -0.15) is 0 Å². The van der Waals surface area contributed by atoms with Gasteiger partial charge in [-0.15, -0.1) is 0 Å². The van der Waals surface area contributed by atoms with E-state index in [0.717, 1.165) is 17.9 Å². The van der Waals surface area contributed by atoms with Gasteiger partial charge in [0.1, 0.15) is 11.5 Å². The average molecular weight is 315 g/mol. The summed E-state index contributed by atoms with van der Waals surface area (Å²) in [4.78, 5) is 11.0. The van der Waals surface area contributed by atoms with E-state index in [0.29, 0.717) is 30.3 Å². The van der Waals surface area contributed by atoms with Crippen LogP contribution in [0.25, 0.3) is 0 Å². The summed E-state index contributed by atoms with van der Waals surface area (Å²) in [6.45, 7) is 1.29. The van der Waals surface area contributed by atoms with Crippen LogP contribution in [0, 0.1) is 0 Å². The first-order valence-electron chi connectivity index (χ1n) is 7.27. The summed E-state index contributed by atoms with van der Waals surface area (Å²) >= 11 is 0. The zero-order chi connectivity index (χ0) is 16.1. The molecular formula is C17H17NO5. The molecule has 0 spiro atoms. The van der Waals surface area contributed by atoms with E-state index in [1.54, 1.807) is 24.3 Å². The third-order valence-electron chi connectivity index (χ3n) is 3.31. The minimum absolute atomic E-state index is 0.251. The number of nitrogens with two attached hydrogens (primary N) is 1. The zero-order valence-corrected chi connectivity index (χ0v) is 12.5. The predicted octanol–water partition coefficient (Wildman–Crippen LogP) is 2.36. The van der Waals surface area contributed by atoms with E-state index >= 15 is 0 Å². The van der Waals surface area contributed by atoms with E-state index in [9.17, 15) is 4.79 Å². The molecule has 1 aliphatic rings. The van der Waals surface area contributed by atoms with Gasteiger partial charge < -0.3 is 24.7 Å². The fourth-order valence-electron chi connectivity index (χ4n) is 2.12. The highest BCUT2D eigenvalue weighted by Gasteiger charge is 2.13. The number of amides is 1. The maximum absolute atomic E-state index is 11.0. The van der Waals surface area contributed by atoms with Crippen LogP contribution < -0.4 is 24.7 Å². The van der Waals surface area contributed by atoms with Crippen molar-refractivity contribution in [3.05, 3.63) is 48.0 Å². The molecule has 2 N–H and O–H groups in total. The Kier molecular flexibility index (Phi) is 4.52. The smallest absolute Gasteiger partial charge is 0.248 e. The highest BCUT2D eigenvalue weighted by atomic mass is 16.7. The second-order valence-corrected chi connectivity index (χ2v) is 4.95. The number of carbonyl (C=O) groups excluding carboxylic acids is 1. The maximum Gasteiger partial charge on any atom is 0.248 e. The molecule has 1 amide bonds. The van der Waals surface area contributed by atoms with E-state index in [2.05, 4.69) is 0 Å². The average Bonchev–Trinajstić information content (AvgIpc) is 3.02. The Hall–Kier alpha value is -2.89. The van der Waals surface area contributed by atoms with Crippen LogP contribution in [0.1, 0.15) is 16.8 Å². The van der Waals surface area contributed by atoms with Gasteiger partial charge in [0.15, 0.2) is 11.5 Å². The van der Waals surface area contributed by atoms with Crippen molar-refractivity contribution in [3.63, 3.8) is 0 Å². The van der Waals surface area contributed by atoms with E-state index in [-0.39, 0.29) is 6.79 Å². The van der Waals surface area contributed by atoms with Crippen LogP contribution in [-0.4, -0.2) is 25.9 Å². The summed E-state index contributed by atoms with van der Waals surface area (Å²) < 4.78 is 21.8. The van der Waals surface area contributed by atoms with Crippen LogP contribution in [-0.2, 0) is 0 Å². The Morgan fingerprint density at radius 1 is 0.957 bits per heavy atom. The molecule has 0 saturated heterocycles. The summed E-state index contributed by atoms with van der Waals surface area (Å²) in [5.74, 6) is 2.42. The van der Waals surface area contributed by atoms with Crippen molar-refractivity contribution in [3.8, 4) is 23.0 Å². The lowest BCUT2D eigenvalue weighted by Gasteiger charge is -2.08. The van der Waals surface area contributed by atoms with Crippen molar-refractivity contribution in [1.29, 1.82) is 0 Å². The van der Waals surface area contributed by atoms with Gasteiger partial charge in [-0.3, -0.25) is 4.79 Å². The molecule has 0 atom stereocenters. The van der Waals surface area contributed by atoms with Crippen molar-refractivity contribution in [1.82, 2.24) is 0 Å². The highest BCUT2D eigenvalue weighted by Crippen LogP contribution is 2.35. The van der Waals surface area contributed by atoms with Gasteiger partial charge in [0, 0.05) is 18.1 Å². The SMILES string of the molecule is NC(=O)c1ccc(OCCCOc2ccc3c(c2)OCO3)cc1. The van der Waals surface area contributed by atoms with Gasteiger partial charge in [0.25, 0.3) is 0 Å². The minimum atomic E-state index is -0.450. The predicted molar refractivity (Wildman–Crippen MR) is 83.1 cm³/mol. The van der Waals surface area contributed by atoms with Gasteiger partial charge in [0.2, 0.25) is 12.7 Å². The van der Waals surface area contributed by atoms with Gasteiger partial charge in [-0.1, -0.05) is 0 Å². The normalized spacial score (nSPS) is 12.0. The molecule has 0 radical (unpaired) electrons. The Morgan fingerprint density at radius 3 is 2.35 bits per heavy atom. The summed E-state index contributed by atoms with van der Waals surface area (Å²) in [5.41, 5.74) is 5.64. The van der Waals surface area contributed by atoms with Crippen LogP contribution in [0.2, 0.25) is 0 Å². The first kappa shape index (κ1) is 15.0. The monoisotopic (exact) mass is 315 g/mol. The second-order valence-electron chi connectivity index (χ2n) is 4.95. The van der Waals surface area contributed by atoms with Crippen molar-refractivity contribution in [2.45, 2.75) is 6.42 Å². The summed E-state index contributed by atoms with van der Waals surface area (Å²) in [7, 11) is 0. The van der Waals surface area contributed by atoms with Gasteiger partial charge in [-0.25, -0.2) is 0 Å². The molecule has 2 aromatic carbocycles. The van der Waals surface area contributed by atoms with Crippen LogP contribution in [0.15, 0.2) is 42.5 Å². The molecule has 0 bridgehead atoms. The molecule has 6 nitrogen and oxygen atoms in total. The number of primary amides is 1. The number of benzene rings is 2. The summed E-state index contributed by atoms with van der Waals surface area (Å²) in [6.07, 6.45) is 0.728. The first-order chi connectivity index (χ1) is 11.2. The summed E-state index contributed by atoms with van der Waals surface area (Å²) in [6, 6.07) is 12.2. The molecule has 1 aliphatic heterocycles. The Balaban J connectivity index is 1.39. The van der Waals surface area contributed by atoms with Crippen molar-refractivity contribution in [2.24, 2.45) is 5.73 Å². The third kappa shape index (κ3) is 3.85. The zero-order valence-electron chi connectivity index (χ0n) is 12.5. The van der Waals surface area contributed by atoms with E-state index < -0.39 is 5.91 Å². The number of hydrogen-bond donors (Lipinski definition) is 1. The molecule has 0 unspecified atom stereocenters. The van der Waals surface area contributed by atoms with E-state index in [1.807, 2.05) is 18.2 Å². The first-order valence-corrected chi connectivity index (χ1v) is 7.27. The van der Waals surface area contributed by atoms with Gasteiger partial charge >= 0.3 is 0 Å². The number of rotatable bonds is 7. The molecule has 6 heteroatoms. The number of hydrogen-bond acceptors (Lipinski definition) is 5. The number of ether oxygens (including phenoxy) is 4. The lowest BCUT2D eigenvalue weighted by Crippen LogP contribution is -2.10. The summed E-state index contributed by atoms with van der Waals surface area (Å²) in [5, 5.41) is 0. The molecule has 0 fully saturated rings. The van der Waals surface area contributed by atoms with Crippen LogP contribution in [0.5, 0.6) is 23.0 Å². The number of carbonyl (C=O) groups is 1. The fraction of sp³-hybridized carbons (Fsp3) is 0.235. The molecule has 0 aromatic heterocycles. The Bertz CT molecular complexity index is 684. The minimum Gasteiger partial charge on any atom is -0.493 e. The van der Waals surface area contributed by atoms with Crippen molar-refractivity contribution in [2.75, 3.05) is 20.0 Å². The lowest BCUT2D eigenvalue weighted by molar-refractivity contribution is 0.1000. The second kappa shape index (κ2) is 6.91.